The molecule has 3 aliphatic carbocycles. The SMILES string of the molecule is CC(C)(C)OC(=O)N1CCCCC1(C)COC(=O)NC(Cc1ccccc1)B1O[C@@H]2C[C@@H]3C[C@@H](C3(C)C)[C@]2(C)O1. The maximum absolute atomic E-state index is 13.3. The molecule has 8 nitrogen and oxygen atoms in total. The Morgan fingerprint density at radius 1 is 1.12 bits per heavy atom. The van der Waals surface area contributed by atoms with Crippen molar-refractivity contribution in [1.29, 1.82) is 0 Å². The number of hydrogen-bond donors (Lipinski definition) is 1. The van der Waals surface area contributed by atoms with Gasteiger partial charge < -0.3 is 24.1 Å². The third-order valence-electron chi connectivity index (χ3n) is 10.0. The van der Waals surface area contributed by atoms with Gasteiger partial charge in [0.05, 0.1) is 23.2 Å². The van der Waals surface area contributed by atoms with E-state index in [1.807, 2.05) is 58.0 Å². The summed E-state index contributed by atoms with van der Waals surface area (Å²) < 4.78 is 24.7. The Morgan fingerprint density at radius 3 is 2.52 bits per heavy atom. The summed E-state index contributed by atoms with van der Waals surface area (Å²) in [6, 6.07) is 10.1. The first-order valence-electron chi connectivity index (χ1n) is 15.0. The Kier molecular flexibility index (Phi) is 7.71. The quantitative estimate of drug-likeness (QED) is 0.450. The highest BCUT2D eigenvalue weighted by Gasteiger charge is 2.68. The molecule has 6 rings (SSSR count). The average Bonchev–Trinajstić information content (AvgIpc) is 3.24. The van der Waals surface area contributed by atoms with Crippen molar-refractivity contribution in [1.82, 2.24) is 10.2 Å². The second-order valence-corrected chi connectivity index (χ2v) is 14.4. The van der Waals surface area contributed by atoms with E-state index < -0.39 is 30.3 Å². The highest BCUT2D eigenvalue weighted by atomic mass is 16.7. The van der Waals surface area contributed by atoms with Gasteiger partial charge in [0.25, 0.3) is 0 Å². The molecule has 5 aliphatic rings. The van der Waals surface area contributed by atoms with Crippen LogP contribution in [0.5, 0.6) is 0 Å². The van der Waals surface area contributed by atoms with Crippen molar-refractivity contribution >= 4 is 19.3 Å². The van der Waals surface area contributed by atoms with Crippen LogP contribution in [0.1, 0.15) is 86.1 Å². The molecule has 2 aliphatic heterocycles. The first-order valence-corrected chi connectivity index (χ1v) is 15.0. The minimum Gasteiger partial charge on any atom is -0.447 e. The van der Waals surface area contributed by atoms with Crippen molar-refractivity contribution in [3.63, 3.8) is 0 Å². The number of ether oxygens (including phenoxy) is 2. The first kappa shape index (κ1) is 29.2. The Bertz CT molecular complexity index is 1090. The molecular formula is C31H47BN2O6. The second kappa shape index (κ2) is 10.5. The summed E-state index contributed by atoms with van der Waals surface area (Å²) in [7, 11) is -0.568. The number of carbonyl (C=O) groups excluding carboxylic acids is 2. The highest BCUT2D eigenvalue weighted by molar-refractivity contribution is 6.47. The largest absolute Gasteiger partial charge is 0.482 e. The molecule has 2 unspecified atom stereocenters. The van der Waals surface area contributed by atoms with Crippen LogP contribution in [-0.4, -0.2) is 66.1 Å². The van der Waals surface area contributed by atoms with Crippen LogP contribution in [0.3, 0.4) is 0 Å². The summed E-state index contributed by atoms with van der Waals surface area (Å²) in [5.74, 6) is 0.662. The van der Waals surface area contributed by atoms with Gasteiger partial charge in [-0.05, 0) is 96.0 Å². The highest BCUT2D eigenvalue weighted by Crippen LogP contribution is 2.65. The van der Waals surface area contributed by atoms with Gasteiger partial charge in [-0.25, -0.2) is 9.59 Å². The summed E-state index contributed by atoms with van der Waals surface area (Å²) in [6.07, 6.45) is 4.42. The summed E-state index contributed by atoms with van der Waals surface area (Å²) in [6.45, 7) is 15.1. The van der Waals surface area contributed by atoms with Gasteiger partial charge in [-0.3, -0.25) is 4.90 Å². The fraction of sp³-hybridized carbons (Fsp3) is 0.742. The van der Waals surface area contributed by atoms with Gasteiger partial charge in [-0.1, -0.05) is 44.2 Å². The Labute approximate surface area is 240 Å². The van der Waals surface area contributed by atoms with Gasteiger partial charge in [0.2, 0.25) is 0 Å². The van der Waals surface area contributed by atoms with E-state index in [1.54, 1.807) is 4.90 Å². The lowest BCUT2D eigenvalue weighted by Gasteiger charge is -2.64. The van der Waals surface area contributed by atoms with E-state index in [-0.39, 0.29) is 29.8 Å². The van der Waals surface area contributed by atoms with Gasteiger partial charge in [-0.2, -0.15) is 0 Å². The van der Waals surface area contributed by atoms with Crippen molar-refractivity contribution in [2.45, 2.75) is 116 Å². The number of nitrogens with zero attached hydrogens (tertiary/aromatic N) is 1. The van der Waals surface area contributed by atoms with Crippen molar-refractivity contribution < 1.29 is 28.4 Å². The number of carbonyl (C=O) groups is 2. The maximum atomic E-state index is 13.3. The smallest absolute Gasteiger partial charge is 0.447 e. The molecule has 2 bridgehead atoms. The number of amides is 2. The van der Waals surface area contributed by atoms with Crippen molar-refractivity contribution in [3.8, 4) is 0 Å². The van der Waals surface area contributed by atoms with Crippen LogP contribution in [0.4, 0.5) is 9.59 Å². The monoisotopic (exact) mass is 554 g/mol. The van der Waals surface area contributed by atoms with Crippen LogP contribution in [-0.2, 0) is 25.2 Å². The molecule has 1 N–H and O–H groups in total. The normalized spacial score (nSPS) is 33.4. The zero-order valence-electron chi connectivity index (χ0n) is 25.3. The predicted molar refractivity (Wildman–Crippen MR) is 154 cm³/mol. The van der Waals surface area contributed by atoms with Crippen molar-refractivity contribution in [3.05, 3.63) is 35.9 Å². The summed E-state index contributed by atoms with van der Waals surface area (Å²) in [5, 5.41) is 3.08. The third kappa shape index (κ3) is 5.60. The van der Waals surface area contributed by atoms with Gasteiger partial charge >= 0.3 is 19.3 Å². The molecule has 5 fully saturated rings. The fourth-order valence-electron chi connectivity index (χ4n) is 7.53. The minimum absolute atomic E-state index is 0.0221. The molecule has 0 radical (unpaired) electrons. The van der Waals surface area contributed by atoms with E-state index in [0.717, 1.165) is 31.2 Å². The second-order valence-electron chi connectivity index (χ2n) is 14.4. The standard InChI is InChI=1S/C31H47BN2O6/c1-28(2,3)38-27(36)34-16-12-11-15-30(34,6)20-37-26(35)33-25(17-21-13-9-8-10-14-21)32-39-24-19-22-18-23(29(22,4)5)31(24,7)40-32/h8-10,13-14,22-25H,11-12,15-20H2,1-7H3,(H,33,35)/t22-,23-,24+,25?,30?,31-/m0/s1. The molecule has 220 valence electrons. The van der Waals surface area contributed by atoms with E-state index in [4.69, 9.17) is 18.8 Å². The predicted octanol–water partition coefficient (Wildman–Crippen LogP) is 5.77. The molecule has 1 aromatic carbocycles. The van der Waals surface area contributed by atoms with Gasteiger partial charge in [0.15, 0.2) is 0 Å². The maximum Gasteiger partial charge on any atom is 0.482 e. The Morgan fingerprint density at radius 2 is 1.85 bits per heavy atom. The van der Waals surface area contributed by atoms with Crippen LogP contribution in [0.25, 0.3) is 0 Å². The lowest BCUT2D eigenvalue weighted by molar-refractivity contribution is -0.199. The molecule has 9 heteroatoms. The lowest BCUT2D eigenvalue weighted by atomic mass is 9.43. The van der Waals surface area contributed by atoms with Crippen molar-refractivity contribution in [2.24, 2.45) is 17.3 Å². The zero-order chi connectivity index (χ0) is 28.9. The topological polar surface area (TPSA) is 86.3 Å². The first-order chi connectivity index (χ1) is 18.7. The number of alkyl carbamates (subject to hydrolysis) is 1. The average molecular weight is 555 g/mol. The molecule has 6 atom stereocenters. The van der Waals surface area contributed by atoms with E-state index >= 15 is 0 Å². The molecule has 40 heavy (non-hydrogen) atoms. The Balaban J connectivity index is 1.27. The van der Waals surface area contributed by atoms with E-state index in [0.29, 0.717) is 24.8 Å². The molecule has 0 spiro atoms. The molecule has 0 aromatic heterocycles. The van der Waals surface area contributed by atoms with E-state index in [9.17, 15) is 9.59 Å². The Hall–Kier alpha value is -2.26. The number of nitrogens with one attached hydrogen (secondary N) is 1. The lowest BCUT2D eigenvalue weighted by Crippen LogP contribution is -2.65. The molecule has 1 aromatic rings. The summed E-state index contributed by atoms with van der Waals surface area (Å²) >= 11 is 0. The van der Waals surface area contributed by atoms with E-state index in [1.165, 1.54) is 6.42 Å². The van der Waals surface area contributed by atoms with E-state index in [2.05, 4.69) is 26.1 Å². The third-order valence-corrected chi connectivity index (χ3v) is 10.0. The molecule has 2 heterocycles. The van der Waals surface area contributed by atoms with Crippen LogP contribution in [0, 0.1) is 17.3 Å². The number of hydrogen-bond acceptors (Lipinski definition) is 6. The van der Waals surface area contributed by atoms with Crippen LogP contribution in [0.15, 0.2) is 30.3 Å². The zero-order valence-corrected chi connectivity index (χ0v) is 25.3. The van der Waals surface area contributed by atoms with Gasteiger partial charge in [0, 0.05) is 6.54 Å². The molecule has 2 amide bonds. The molecular weight excluding hydrogens is 507 g/mol. The summed E-state index contributed by atoms with van der Waals surface area (Å²) in [4.78, 5) is 28.0. The van der Waals surface area contributed by atoms with Crippen LogP contribution < -0.4 is 5.32 Å². The van der Waals surface area contributed by atoms with Crippen molar-refractivity contribution in [2.75, 3.05) is 13.2 Å². The molecule has 3 saturated carbocycles. The minimum atomic E-state index is -0.637. The van der Waals surface area contributed by atoms with Gasteiger partial charge in [-0.15, -0.1) is 0 Å². The van der Waals surface area contributed by atoms with Crippen LogP contribution >= 0.6 is 0 Å². The number of likely N-dealkylation sites (tertiary alicyclic amines) is 1. The van der Waals surface area contributed by atoms with Gasteiger partial charge in [0.1, 0.15) is 12.2 Å². The molecule has 2 saturated heterocycles. The number of benzene rings is 1. The van der Waals surface area contributed by atoms with Crippen LogP contribution in [0.2, 0.25) is 0 Å². The summed E-state index contributed by atoms with van der Waals surface area (Å²) in [5.41, 5.74) is -0.279. The fourth-order valence-corrected chi connectivity index (χ4v) is 7.53. The number of rotatable bonds is 6. The number of piperidine rings is 1.